The van der Waals surface area contributed by atoms with Gasteiger partial charge in [0.25, 0.3) is 0 Å². The highest BCUT2D eigenvalue weighted by molar-refractivity contribution is 7.13. The molecule has 6 heteroatoms. The SMILES string of the molecule is CN(CCOc1ccc(-c2ccccc2F)cc1-c1cccs1)CC(=O)O. The molecule has 0 amide bonds. The Bertz CT molecular complexity index is 912. The minimum atomic E-state index is -0.869. The molecule has 1 aromatic heterocycles. The van der Waals surface area contributed by atoms with Crippen LogP contribution in [0, 0.1) is 5.82 Å². The van der Waals surface area contributed by atoms with Crippen molar-refractivity contribution in [1.82, 2.24) is 4.90 Å². The lowest BCUT2D eigenvalue weighted by Crippen LogP contribution is -2.29. The van der Waals surface area contributed by atoms with E-state index in [1.165, 1.54) is 6.07 Å². The van der Waals surface area contributed by atoms with E-state index in [4.69, 9.17) is 9.84 Å². The Hall–Kier alpha value is -2.70. The summed E-state index contributed by atoms with van der Waals surface area (Å²) in [5.41, 5.74) is 2.22. The van der Waals surface area contributed by atoms with Gasteiger partial charge in [-0.1, -0.05) is 30.3 Å². The molecule has 0 aliphatic rings. The first-order valence-corrected chi connectivity index (χ1v) is 9.38. The molecule has 0 saturated carbocycles. The molecule has 3 aromatic rings. The van der Waals surface area contributed by atoms with Gasteiger partial charge in [0.15, 0.2) is 0 Å². The van der Waals surface area contributed by atoms with Gasteiger partial charge in [-0.15, -0.1) is 11.3 Å². The Morgan fingerprint density at radius 3 is 2.67 bits per heavy atom. The van der Waals surface area contributed by atoms with Gasteiger partial charge in [-0.2, -0.15) is 0 Å². The second kappa shape index (κ2) is 8.79. The maximum absolute atomic E-state index is 14.2. The van der Waals surface area contributed by atoms with Crippen LogP contribution in [0.4, 0.5) is 4.39 Å². The van der Waals surface area contributed by atoms with Crippen LogP contribution in [0.3, 0.4) is 0 Å². The topological polar surface area (TPSA) is 49.8 Å². The van der Waals surface area contributed by atoms with Crippen LogP contribution in [0.5, 0.6) is 5.75 Å². The number of aliphatic carboxylic acids is 1. The van der Waals surface area contributed by atoms with Gasteiger partial charge in [0, 0.05) is 22.5 Å². The third kappa shape index (κ3) is 4.93. The molecule has 0 aliphatic carbocycles. The second-order valence-electron chi connectivity index (χ2n) is 6.15. The van der Waals surface area contributed by atoms with E-state index in [1.807, 2.05) is 41.8 Å². The summed E-state index contributed by atoms with van der Waals surface area (Å²) >= 11 is 1.58. The monoisotopic (exact) mass is 385 g/mol. The molecule has 140 valence electrons. The summed E-state index contributed by atoms with van der Waals surface area (Å²) in [7, 11) is 1.74. The smallest absolute Gasteiger partial charge is 0.317 e. The van der Waals surface area contributed by atoms with E-state index in [-0.39, 0.29) is 12.4 Å². The number of carbonyl (C=O) groups is 1. The largest absolute Gasteiger partial charge is 0.492 e. The summed E-state index contributed by atoms with van der Waals surface area (Å²) in [5.74, 6) is -0.439. The van der Waals surface area contributed by atoms with Crippen LogP contribution in [-0.2, 0) is 4.79 Å². The highest BCUT2D eigenvalue weighted by Crippen LogP contribution is 2.37. The van der Waals surface area contributed by atoms with E-state index in [0.717, 1.165) is 16.0 Å². The maximum atomic E-state index is 14.2. The van der Waals surface area contributed by atoms with Crippen molar-refractivity contribution in [3.05, 3.63) is 65.8 Å². The van der Waals surface area contributed by atoms with Crippen LogP contribution in [0.2, 0.25) is 0 Å². The number of hydrogen-bond donors (Lipinski definition) is 1. The van der Waals surface area contributed by atoms with Crippen LogP contribution in [0.1, 0.15) is 0 Å². The Kier molecular flexibility index (Phi) is 6.21. The van der Waals surface area contributed by atoms with Crippen LogP contribution in [0.15, 0.2) is 60.0 Å². The van der Waals surface area contributed by atoms with Gasteiger partial charge in [-0.25, -0.2) is 4.39 Å². The quantitative estimate of drug-likeness (QED) is 0.615. The van der Waals surface area contributed by atoms with Gasteiger partial charge < -0.3 is 9.84 Å². The molecular formula is C21H20FNO3S. The zero-order chi connectivity index (χ0) is 19.2. The highest BCUT2D eigenvalue weighted by Gasteiger charge is 2.12. The van der Waals surface area contributed by atoms with Gasteiger partial charge in [-0.05, 0) is 42.3 Å². The first-order chi connectivity index (χ1) is 13.0. The fraction of sp³-hybridized carbons (Fsp3) is 0.190. The van der Waals surface area contributed by atoms with Gasteiger partial charge in [0.1, 0.15) is 18.2 Å². The second-order valence-corrected chi connectivity index (χ2v) is 7.10. The fourth-order valence-electron chi connectivity index (χ4n) is 2.76. The van der Waals surface area contributed by atoms with Crippen molar-refractivity contribution in [1.29, 1.82) is 0 Å². The molecule has 3 rings (SSSR count). The Morgan fingerprint density at radius 2 is 1.96 bits per heavy atom. The van der Waals surface area contributed by atoms with Crippen LogP contribution in [-0.4, -0.2) is 42.7 Å². The van der Waals surface area contributed by atoms with Crippen molar-refractivity contribution < 1.29 is 19.0 Å². The first kappa shape index (κ1) is 19.1. The Balaban J connectivity index is 1.84. The average Bonchev–Trinajstić information content (AvgIpc) is 3.16. The maximum Gasteiger partial charge on any atom is 0.317 e. The first-order valence-electron chi connectivity index (χ1n) is 8.50. The summed E-state index contributed by atoms with van der Waals surface area (Å²) in [6, 6.07) is 16.2. The lowest BCUT2D eigenvalue weighted by molar-refractivity contribution is -0.138. The van der Waals surface area contributed by atoms with E-state index >= 15 is 0 Å². The molecule has 1 heterocycles. The lowest BCUT2D eigenvalue weighted by Gasteiger charge is -2.16. The Morgan fingerprint density at radius 1 is 1.15 bits per heavy atom. The number of carboxylic acid groups (broad SMARTS) is 1. The van der Waals surface area contributed by atoms with Crippen molar-refractivity contribution in [2.45, 2.75) is 0 Å². The Labute approximate surface area is 161 Å². The summed E-state index contributed by atoms with van der Waals surface area (Å²) in [4.78, 5) is 13.5. The van der Waals surface area contributed by atoms with Gasteiger partial charge in [-0.3, -0.25) is 9.69 Å². The zero-order valence-electron chi connectivity index (χ0n) is 14.9. The number of benzene rings is 2. The molecule has 0 spiro atoms. The normalized spacial score (nSPS) is 10.9. The van der Waals surface area contributed by atoms with E-state index in [0.29, 0.717) is 24.5 Å². The van der Waals surface area contributed by atoms with Crippen molar-refractivity contribution in [2.24, 2.45) is 0 Å². The number of ether oxygens (including phenoxy) is 1. The standard InChI is InChI=1S/C21H20FNO3S/c1-23(14-21(24)25)10-11-26-19-9-8-15(16-5-2-3-6-18(16)22)13-17(19)20-7-4-12-27-20/h2-9,12-13H,10-11,14H2,1H3,(H,24,25). The molecule has 4 nitrogen and oxygen atoms in total. The van der Waals surface area contributed by atoms with Crippen LogP contribution < -0.4 is 4.74 Å². The number of likely N-dealkylation sites (N-methyl/N-ethyl adjacent to an activating group) is 1. The molecule has 0 unspecified atom stereocenters. The predicted molar refractivity (Wildman–Crippen MR) is 106 cm³/mol. The molecule has 2 aromatic carbocycles. The number of hydrogen-bond acceptors (Lipinski definition) is 4. The molecule has 1 N–H and O–H groups in total. The van der Waals surface area contributed by atoms with Crippen molar-refractivity contribution in [3.8, 4) is 27.3 Å². The van der Waals surface area contributed by atoms with Crippen molar-refractivity contribution >= 4 is 17.3 Å². The van der Waals surface area contributed by atoms with Gasteiger partial charge >= 0.3 is 5.97 Å². The molecule has 0 radical (unpaired) electrons. The number of thiophene rings is 1. The average molecular weight is 385 g/mol. The predicted octanol–water partition coefficient (Wildman–Crippen LogP) is 4.62. The fourth-order valence-corrected chi connectivity index (χ4v) is 3.51. The minimum Gasteiger partial charge on any atom is -0.492 e. The third-order valence-corrected chi connectivity index (χ3v) is 4.99. The number of carboxylic acids is 1. The molecule has 27 heavy (non-hydrogen) atoms. The van der Waals surface area contributed by atoms with E-state index < -0.39 is 5.97 Å². The molecular weight excluding hydrogens is 365 g/mol. The van der Waals surface area contributed by atoms with Crippen molar-refractivity contribution in [2.75, 3.05) is 26.7 Å². The zero-order valence-corrected chi connectivity index (χ0v) is 15.7. The van der Waals surface area contributed by atoms with Gasteiger partial charge in [0.05, 0.1) is 6.54 Å². The molecule has 0 fully saturated rings. The molecule has 0 bridgehead atoms. The van der Waals surface area contributed by atoms with E-state index in [2.05, 4.69) is 0 Å². The summed E-state index contributed by atoms with van der Waals surface area (Å²) in [6.45, 7) is 0.819. The summed E-state index contributed by atoms with van der Waals surface area (Å²) in [6.07, 6.45) is 0. The van der Waals surface area contributed by atoms with Gasteiger partial charge in [0.2, 0.25) is 0 Å². The van der Waals surface area contributed by atoms with E-state index in [9.17, 15) is 9.18 Å². The highest BCUT2D eigenvalue weighted by atomic mass is 32.1. The summed E-state index contributed by atoms with van der Waals surface area (Å²) < 4.78 is 20.1. The van der Waals surface area contributed by atoms with E-state index in [1.54, 1.807) is 35.4 Å². The third-order valence-electron chi connectivity index (χ3n) is 4.09. The van der Waals surface area contributed by atoms with Crippen LogP contribution >= 0.6 is 11.3 Å². The number of nitrogens with zero attached hydrogens (tertiary/aromatic N) is 1. The number of rotatable bonds is 8. The summed E-state index contributed by atoms with van der Waals surface area (Å²) in [5, 5.41) is 10.8. The minimum absolute atomic E-state index is 0.0344. The molecule has 0 aliphatic heterocycles. The molecule has 0 saturated heterocycles. The van der Waals surface area contributed by atoms with Crippen LogP contribution in [0.25, 0.3) is 21.6 Å². The number of halogens is 1. The van der Waals surface area contributed by atoms with Crippen molar-refractivity contribution in [3.63, 3.8) is 0 Å². The molecule has 0 atom stereocenters. The lowest BCUT2D eigenvalue weighted by atomic mass is 10.0.